The molecule has 3 aromatic heterocycles. The van der Waals surface area contributed by atoms with Crippen LogP contribution < -0.4 is 10.2 Å². The van der Waals surface area contributed by atoms with Gasteiger partial charge >= 0.3 is 5.69 Å². The van der Waals surface area contributed by atoms with E-state index in [9.17, 15) is 14.9 Å². The van der Waals surface area contributed by atoms with E-state index in [4.69, 9.17) is 4.42 Å². The zero-order valence-corrected chi connectivity index (χ0v) is 16.8. The number of anilines is 2. The molecule has 0 aromatic carbocycles. The van der Waals surface area contributed by atoms with Crippen molar-refractivity contribution < 1.29 is 14.1 Å². The summed E-state index contributed by atoms with van der Waals surface area (Å²) in [5.74, 6) is 0.530. The SMILES string of the molecule is O=C(c1ccco1)N1CCN(c2ncnc(NCCCn3ccnc3)c2[N+](=O)[O-])CC1. The number of carbonyl (C=O) groups excluding carboxylic acids is 1. The van der Waals surface area contributed by atoms with Crippen LogP contribution in [-0.2, 0) is 6.54 Å². The van der Waals surface area contributed by atoms with E-state index in [1.807, 2.05) is 15.7 Å². The van der Waals surface area contributed by atoms with Gasteiger partial charge in [0.25, 0.3) is 5.91 Å². The molecule has 1 aliphatic rings. The topological polar surface area (TPSA) is 135 Å². The number of rotatable bonds is 8. The first-order valence-electron chi connectivity index (χ1n) is 9.90. The van der Waals surface area contributed by atoms with Gasteiger partial charge in [-0.3, -0.25) is 14.9 Å². The van der Waals surface area contributed by atoms with Crippen molar-refractivity contribution in [2.75, 3.05) is 42.9 Å². The zero-order valence-electron chi connectivity index (χ0n) is 16.8. The Bertz CT molecular complexity index is 1010. The molecule has 0 spiro atoms. The maximum atomic E-state index is 12.4. The first-order chi connectivity index (χ1) is 15.1. The van der Waals surface area contributed by atoms with Crippen LogP contribution in [-0.4, -0.2) is 68.0 Å². The average molecular weight is 426 g/mol. The minimum Gasteiger partial charge on any atom is -0.459 e. The number of nitro groups is 1. The molecule has 1 saturated heterocycles. The molecule has 0 aliphatic carbocycles. The largest absolute Gasteiger partial charge is 0.459 e. The van der Waals surface area contributed by atoms with Gasteiger partial charge in [0.05, 0.1) is 17.5 Å². The standard InChI is InChI=1S/C19H22N8O4/c28-19(15-3-1-12-31-15)26-10-8-25(9-11-26)18-16(27(29)30)17(22-13-23-18)21-4-2-6-24-7-5-20-14-24/h1,3,5,7,12-14H,2,4,6,8-11H2,(H,21,22,23). The highest BCUT2D eigenvalue weighted by Gasteiger charge is 2.30. The molecule has 1 N–H and O–H groups in total. The maximum Gasteiger partial charge on any atom is 0.353 e. The molecule has 0 unspecified atom stereocenters. The van der Waals surface area contributed by atoms with Crippen molar-refractivity contribution in [1.29, 1.82) is 0 Å². The van der Waals surface area contributed by atoms with Crippen LogP contribution in [0.3, 0.4) is 0 Å². The van der Waals surface area contributed by atoms with Gasteiger partial charge in [0, 0.05) is 51.7 Å². The molecule has 162 valence electrons. The maximum absolute atomic E-state index is 12.4. The van der Waals surface area contributed by atoms with E-state index in [-0.39, 0.29) is 29.0 Å². The molecule has 0 atom stereocenters. The van der Waals surface area contributed by atoms with Gasteiger partial charge in [0.2, 0.25) is 11.6 Å². The summed E-state index contributed by atoms with van der Waals surface area (Å²) in [6.45, 7) is 2.92. The molecule has 4 rings (SSSR count). The van der Waals surface area contributed by atoms with E-state index in [0.29, 0.717) is 32.7 Å². The van der Waals surface area contributed by atoms with Crippen molar-refractivity contribution in [2.24, 2.45) is 0 Å². The second-order valence-corrected chi connectivity index (χ2v) is 6.99. The van der Waals surface area contributed by atoms with Crippen molar-refractivity contribution in [1.82, 2.24) is 24.4 Å². The molecule has 31 heavy (non-hydrogen) atoms. The van der Waals surface area contributed by atoms with Crippen molar-refractivity contribution in [3.05, 3.63) is 59.3 Å². The van der Waals surface area contributed by atoms with Crippen LogP contribution in [0.4, 0.5) is 17.3 Å². The highest BCUT2D eigenvalue weighted by atomic mass is 16.6. The fraction of sp³-hybridized carbons (Fsp3) is 0.368. The van der Waals surface area contributed by atoms with Crippen molar-refractivity contribution in [2.45, 2.75) is 13.0 Å². The molecule has 0 radical (unpaired) electrons. The summed E-state index contributed by atoms with van der Waals surface area (Å²) in [6.07, 6.45) is 8.82. The minimum absolute atomic E-state index is 0.157. The summed E-state index contributed by atoms with van der Waals surface area (Å²) in [6, 6.07) is 3.28. The molecular formula is C19H22N8O4. The Morgan fingerprint density at radius 1 is 1.26 bits per heavy atom. The van der Waals surface area contributed by atoms with Crippen LogP contribution in [0, 0.1) is 10.1 Å². The molecule has 12 heteroatoms. The third kappa shape index (κ3) is 4.63. The number of piperazine rings is 1. The van der Waals surface area contributed by atoms with E-state index in [0.717, 1.165) is 13.0 Å². The molecule has 0 bridgehead atoms. The fourth-order valence-corrected chi connectivity index (χ4v) is 3.46. The van der Waals surface area contributed by atoms with Gasteiger partial charge in [-0.05, 0) is 18.6 Å². The first-order valence-corrected chi connectivity index (χ1v) is 9.90. The highest BCUT2D eigenvalue weighted by molar-refractivity contribution is 5.91. The van der Waals surface area contributed by atoms with Gasteiger partial charge in [-0.1, -0.05) is 0 Å². The van der Waals surface area contributed by atoms with E-state index in [1.54, 1.807) is 29.6 Å². The van der Waals surface area contributed by atoms with Gasteiger partial charge in [-0.15, -0.1) is 0 Å². The summed E-state index contributed by atoms with van der Waals surface area (Å²) in [4.78, 5) is 39.5. The monoisotopic (exact) mass is 426 g/mol. The number of carbonyl (C=O) groups is 1. The van der Waals surface area contributed by atoms with Crippen LogP contribution in [0.5, 0.6) is 0 Å². The summed E-state index contributed by atoms with van der Waals surface area (Å²) in [5, 5.41) is 14.9. The van der Waals surface area contributed by atoms with Crippen molar-refractivity contribution in [3.63, 3.8) is 0 Å². The number of aromatic nitrogens is 4. The Morgan fingerprint density at radius 3 is 2.77 bits per heavy atom. The second kappa shape index (κ2) is 9.24. The second-order valence-electron chi connectivity index (χ2n) is 6.99. The third-order valence-electron chi connectivity index (χ3n) is 5.03. The normalized spacial score (nSPS) is 13.9. The molecule has 1 aliphatic heterocycles. The lowest BCUT2D eigenvalue weighted by Gasteiger charge is -2.34. The zero-order chi connectivity index (χ0) is 21.6. The number of amides is 1. The number of imidazole rings is 1. The number of hydrogen-bond donors (Lipinski definition) is 1. The van der Waals surface area contributed by atoms with Gasteiger partial charge in [-0.25, -0.2) is 15.0 Å². The van der Waals surface area contributed by atoms with Crippen LogP contribution in [0.1, 0.15) is 17.0 Å². The van der Waals surface area contributed by atoms with E-state index in [1.165, 1.54) is 12.6 Å². The Kier molecular flexibility index (Phi) is 6.05. The Balaban J connectivity index is 1.40. The lowest BCUT2D eigenvalue weighted by molar-refractivity contribution is -0.383. The quantitative estimate of drug-likeness (QED) is 0.324. The third-order valence-corrected chi connectivity index (χ3v) is 5.03. The van der Waals surface area contributed by atoms with Gasteiger partial charge in [0.15, 0.2) is 5.76 Å². The predicted octanol–water partition coefficient (Wildman–Crippen LogP) is 1.64. The lowest BCUT2D eigenvalue weighted by Crippen LogP contribution is -2.49. The molecular weight excluding hydrogens is 404 g/mol. The molecule has 1 amide bonds. The number of nitrogens with one attached hydrogen (secondary N) is 1. The number of furan rings is 1. The summed E-state index contributed by atoms with van der Waals surface area (Å²) >= 11 is 0. The summed E-state index contributed by atoms with van der Waals surface area (Å²) in [7, 11) is 0. The highest BCUT2D eigenvalue weighted by Crippen LogP contribution is 2.32. The van der Waals surface area contributed by atoms with E-state index >= 15 is 0 Å². The van der Waals surface area contributed by atoms with Crippen LogP contribution >= 0.6 is 0 Å². The Hall–Kier alpha value is -3.96. The smallest absolute Gasteiger partial charge is 0.353 e. The summed E-state index contributed by atoms with van der Waals surface area (Å²) in [5.41, 5.74) is -0.157. The molecule has 1 fully saturated rings. The number of hydrogen-bond acceptors (Lipinski definition) is 9. The summed E-state index contributed by atoms with van der Waals surface area (Å²) < 4.78 is 7.10. The first kappa shape index (κ1) is 20.3. The van der Waals surface area contributed by atoms with Gasteiger partial charge in [0.1, 0.15) is 6.33 Å². The van der Waals surface area contributed by atoms with Crippen molar-refractivity contribution in [3.8, 4) is 0 Å². The van der Waals surface area contributed by atoms with Crippen LogP contribution in [0.2, 0.25) is 0 Å². The van der Waals surface area contributed by atoms with Gasteiger partial charge < -0.3 is 24.1 Å². The number of aryl methyl sites for hydroxylation is 1. The van der Waals surface area contributed by atoms with E-state index < -0.39 is 4.92 Å². The number of nitrogens with zero attached hydrogens (tertiary/aromatic N) is 7. The molecule has 4 heterocycles. The minimum atomic E-state index is -0.464. The predicted molar refractivity (Wildman–Crippen MR) is 111 cm³/mol. The fourth-order valence-electron chi connectivity index (χ4n) is 3.46. The average Bonchev–Trinajstić information content (AvgIpc) is 3.50. The molecule has 0 saturated carbocycles. The Labute approximate surface area is 177 Å². The molecule has 3 aromatic rings. The van der Waals surface area contributed by atoms with Crippen LogP contribution in [0.25, 0.3) is 0 Å². The van der Waals surface area contributed by atoms with Gasteiger partial charge in [-0.2, -0.15) is 0 Å². The lowest BCUT2D eigenvalue weighted by atomic mass is 10.2. The van der Waals surface area contributed by atoms with Crippen molar-refractivity contribution >= 4 is 23.2 Å². The molecule has 12 nitrogen and oxygen atoms in total. The van der Waals surface area contributed by atoms with E-state index in [2.05, 4.69) is 20.3 Å². The Morgan fingerprint density at radius 2 is 2.10 bits per heavy atom. The van der Waals surface area contributed by atoms with Crippen LogP contribution in [0.15, 0.2) is 47.9 Å².